The fourth-order valence-electron chi connectivity index (χ4n) is 3.82. The highest BCUT2D eigenvalue weighted by molar-refractivity contribution is 6.08. The maximum absolute atomic E-state index is 12.8. The van der Waals surface area contributed by atoms with Gasteiger partial charge in [0.05, 0.1) is 26.3 Å². The smallest absolute Gasteiger partial charge is 0.228 e. The van der Waals surface area contributed by atoms with Crippen LogP contribution in [0.3, 0.4) is 0 Å². The minimum absolute atomic E-state index is 0.146. The van der Waals surface area contributed by atoms with Crippen molar-refractivity contribution in [2.75, 3.05) is 19.5 Å². The number of aromatic amines is 1. The summed E-state index contributed by atoms with van der Waals surface area (Å²) < 4.78 is 16.8. The number of benzene rings is 3. The van der Waals surface area contributed by atoms with Gasteiger partial charge in [0.2, 0.25) is 5.91 Å². The highest BCUT2D eigenvalue weighted by Gasteiger charge is 2.15. The molecule has 0 saturated carbocycles. The van der Waals surface area contributed by atoms with E-state index in [4.69, 9.17) is 13.9 Å². The number of carbonyl (C=O) groups excluding carboxylic acids is 1. The Kier molecular flexibility index (Phi) is 4.32. The zero-order valence-corrected chi connectivity index (χ0v) is 16.6. The molecule has 0 aliphatic rings. The summed E-state index contributed by atoms with van der Waals surface area (Å²) in [5.74, 6) is 1.19. The first-order valence-electron chi connectivity index (χ1n) is 9.59. The molecule has 5 rings (SSSR count). The largest absolute Gasteiger partial charge is 0.497 e. The molecule has 0 unspecified atom stereocenters. The monoisotopic (exact) mass is 400 g/mol. The Hall–Kier alpha value is -3.93. The highest BCUT2D eigenvalue weighted by Crippen LogP contribution is 2.36. The maximum Gasteiger partial charge on any atom is 0.228 e. The lowest BCUT2D eigenvalue weighted by Crippen LogP contribution is -2.14. The van der Waals surface area contributed by atoms with Crippen molar-refractivity contribution < 1.29 is 18.7 Å². The zero-order chi connectivity index (χ0) is 20.7. The van der Waals surface area contributed by atoms with Crippen molar-refractivity contribution in [3.63, 3.8) is 0 Å². The molecule has 3 aromatic carbocycles. The lowest BCUT2D eigenvalue weighted by atomic mass is 10.1. The number of aromatic nitrogens is 1. The molecule has 0 radical (unpaired) electrons. The van der Waals surface area contributed by atoms with Crippen molar-refractivity contribution in [1.82, 2.24) is 4.98 Å². The van der Waals surface area contributed by atoms with Gasteiger partial charge in [-0.25, -0.2) is 0 Å². The van der Waals surface area contributed by atoms with E-state index in [1.807, 2.05) is 60.8 Å². The molecule has 0 saturated heterocycles. The minimum atomic E-state index is -0.146. The summed E-state index contributed by atoms with van der Waals surface area (Å²) in [6.45, 7) is 0. The molecular formula is C24H20N2O4. The number of hydrogen-bond donors (Lipinski definition) is 2. The second kappa shape index (κ2) is 7.15. The van der Waals surface area contributed by atoms with Crippen LogP contribution in [0.15, 0.2) is 65.2 Å². The van der Waals surface area contributed by atoms with E-state index in [1.54, 1.807) is 14.2 Å². The molecule has 2 aromatic heterocycles. The number of para-hydroxylation sites is 1. The standard InChI is InChI=1S/C24H20N2O4/c1-28-15-7-8-19-17(10-15)14(13-25-19)9-24(27)26-20-12-22-18(11-23(20)29-2)16-5-3-4-6-21(16)30-22/h3-8,10-13,25H,9H2,1-2H3,(H,26,27). The van der Waals surface area contributed by atoms with E-state index in [1.165, 1.54) is 0 Å². The second-order valence-electron chi connectivity index (χ2n) is 7.10. The first-order chi connectivity index (χ1) is 14.7. The summed E-state index contributed by atoms with van der Waals surface area (Å²) in [6, 6.07) is 17.3. The van der Waals surface area contributed by atoms with Crippen LogP contribution in [0.5, 0.6) is 11.5 Å². The van der Waals surface area contributed by atoms with Gasteiger partial charge in [0.1, 0.15) is 22.7 Å². The molecule has 6 nitrogen and oxygen atoms in total. The number of carbonyl (C=O) groups is 1. The predicted octanol–water partition coefficient (Wildman–Crippen LogP) is 5.27. The van der Waals surface area contributed by atoms with E-state index >= 15 is 0 Å². The quantitative estimate of drug-likeness (QED) is 0.422. The Balaban J connectivity index is 1.46. The predicted molar refractivity (Wildman–Crippen MR) is 117 cm³/mol. The first kappa shape index (κ1) is 18.1. The van der Waals surface area contributed by atoms with Gasteiger partial charge in [0.15, 0.2) is 0 Å². The second-order valence-corrected chi connectivity index (χ2v) is 7.10. The number of amides is 1. The molecular weight excluding hydrogens is 380 g/mol. The highest BCUT2D eigenvalue weighted by atomic mass is 16.5. The molecule has 0 atom stereocenters. The van der Waals surface area contributed by atoms with Gasteiger partial charge in [0.25, 0.3) is 0 Å². The van der Waals surface area contributed by atoms with Gasteiger partial charge in [-0.3, -0.25) is 4.79 Å². The molecule has 2 heterocycles. The lowest BCUT2D eigenvalue weighted by molar-refractivity contribution is -0.115. The van der Waals surface area contributed by atoms with Crippen LogP contribution in [0.4, 0.5) is 5.69 Å². The third kappa shape index (κ3) is 3.03. The Morgan fingerprint density at radius 2 is 1.83 bits per heavy atom. The third-order valence-corrected chi connectivity index (χ3v) is 5.30. The molecule has 0 aliphatic carbocycles. The van der Waals surface area contributed by atoms with Crippen LogP contribution in [-0.4, -0.2) is 25.1 Å². The number of methoxy groups -OCH3 is 2. The SMILES string of the molecule is COc1ccc2[nH]cc(CC(=O)Nc3cc4oc5ccccc5c4cc3OC)c2c1. The molecule has 1 amide bonds. The minimum Gasteiger partial charge on any atom is -0.497 e. The summed E-state index contributed by atoms with van der Waals surface area (Å²) in [5, 5.41) is 5.88. The van der Waals surface area contributed by atoms with Gasteiger partial charge in [-0.15, -0.1) is 0 Å². The average molecular weight is 400 g/mol. The molecule has 0 bridgehead atoms. The van der Waals surface area contributed by atoms with Crippen molar-refractivity contribution in [3.8, 4) is 11.5 Å². The van der Waals surface area contributed by atoms with Crippen molar-refractivity contribution in [1.29, 1.82) is 0 Å². The van der Waals surface area contributed by atoms with Crippen molar-refractivity contribution in [2.24, 2.45) is 0 Å². The number of rotatable bonds is 5. The number of furan rings is 1. The number of fused-ring (bicyclic) bond motifs is 4. The van der Waals surface area contributed by atoms with Crippen LogP contribution in [0, 0.1) is 0 Å². The van der Waals surface area contributed by atoms with Crippen LogP contribution in [0.25, 0.3) is 32.8 Å². The van der Waals surface area contributed by atoms with E-state index in [0.717, 1.165) is 38.6 Å². The molecule has 2 N–H and O–H groups in total. The molecule has 0 aliphatic heterocycles. The number of H-pyrrole nitrogens is 1. The average Bonchev–Trinajstić information content (AvgIpc) is 3.33. The molecule has 5 aromatic rings. The van der Waals surface area contributed by atoms with E-state index in [0.29, 0.717) is 17.0 Å². The van der Waals surface area contributed by atoms with Crippen LogP contribution in [0.2, 0.25) is 0 Å². The number of nitrogens with one attached hydrogen (secondary N) is 2. The lowest BCUT2D eigenvalue weighted by Gasteiger charge is -2.10. The van der Waals surface area contributed by atoms with Crippen molar-refractivity contribution in [3.05, 3.63) is 66.4 Å². The number of hydrogen-bond acceptors (Lipinski definition) is 4. The van der Waals surface area contributed by atoms with Crippen LogP contribution >= 0.6 is 0 Å². The normalized spacial score (nSPS) is 11.3. The molecule has 0 fully saturated rings. The first-order valence-corrected chi connectivity index (χ1v) is 9.59. The molecule has 0 spiro atoms. The summed E-state index contributed by atoms with van der Waals surface area (Å²) in [5.41, 5.74) is 3.92. The summed E-state index contributed by atoms with van der Waals surface area (Å²) in [6.07, 6.45) is 2.07. The van der Waals surface area contributed by atoms with Gasteiger partial charge in [-0.1, -0.05) is 18.2 Å². The van der Waals surface area contributed by atoms with Crippen LogP contribution in [0.1, 0.15) is 5.56 Å². The van der Waals surface area contributed by atoms with Gasteiger partial charge < -0.3 is 24.2 Å². The molecule has 30 heavy (non-hydrogen) atoms. The Bertz CT molecular complexity index is 1400. The molecule has 150 valence electrons. The zero-order valence-electron chi connectivity index (χ0n) is 16.6. The van der Waals surface area contributed by atoms with E-state index in [9.17, 15) is 4.79 Å². The van der Waals surface area contributed by atoms with Gasteiger partial charge >= 0.3 is 0 Å². The van der Waals surface area contributed by atoms with Crippen LogP contribution < -0.4 is 14.8 Å². The Morgan fingerprint density at radius 3 is 2.67 bits per heavy atom. The fraction of sp³-hybridized carbons (Fsp3) is 0.125. The van der Waals surface area contributed by atoms with E-state index < -0.39 is 0 Å². The van der Waals surface area contributed by atoms with E-state index in [2.05, 4.69) is 10.3 Å². The molecule has 6 heteroatoms. The Labute approximate surface area is 172 Å². The van der Waals surface area contributed by atoms with Crippen molar-refractivity contribution in [2.45, 2.75) is 6.42 Å². The summed E-state index contributed by atoms with van der Waals surface area (Å²) in [4.78, 5) is 16.0. The van der Waals surface area contributed by atoms with Crippen molar-refractivity contribution >= 4 is 44.4 Å². The van der Waals surface area contributed by atoms with Gasteiger partial charge in [-0.2, -0.15) is 0 Å². The van der Waals surface area contributed by atoms with Gasteiger partial charge in [-0.05, 0) is 35.9 Å². The van der Waals surface area contributed by atoms with Crippen LogP contribution in [-0.2, 0) is 11.2 Å². The van der Waals surface area contributed by atoms with E-state index in [-0.39, 0.29) is 12.3 Å². The fourth-order valence-corrected chi connectivity index (χ4v) is 3.82. The summed E-state index contributed by atoms with van der Waals surface area (Å²) >= 11 is 0. The maximum atomic E-state index is 12.8. The van der Waals surface area contributed by atoms with Gasteiger partial charge in [0, 0.05) is 33.9 Å². The topological polar surface area (TPSA) is 76.5 Å². The third-order valence-electron chi connectivity index (χ3n) is 5.30. The summed E-state index contributed by atoms with van der Waals surface area (Å²) in [7, 11) is 3.21. The number of anilines is 1. The Morgan fingerprint density at radius 1 is 0.967 bits per heavy atom. The number of ether oxygens (including phenoxy) is 2.